The number of rotatable bonds is 4. The molecule has 0 N–H and O–H groups in total. The van der Waals surface area contributed by atoms with Gasteiger partial charge in [0.1, 0.15) is 5.76 Å². The van der Waals surface area contributed by atoms with E-state index >= 15 is 0 Å². The lowest BCUT2D eigenvalue weighted by atomic mass is 10.0. The first kappa shape index (κ1) is 16.7. The standard InChI is InChI=1S/C19H25N3O2/c1-14-17(15(2)24-20-14)9-10-19(23)22-12-11-21(3)18(13-22)16-7-5-4-6-8-16/h4-8,18H,9-13H2,1-3H3/t18-/m1/s1. The molecule has 0 aliphatic carbocycles. The molecule has 5 heteroatoms. The summed E-state index contributed by atoms with van der Waals surface area (Å²) in [6.45, 7) is 6.27. The molecule has 0 spiro atoms. The lowest BCUT2D eigenvalue weighted by Gasteiger charge is -2.39. The van der Waals surface area contributed by atoms with Crippen molar-refractivity contribution < 1.29 is 9.32 Å². The molecule has 2 heterocycles. The fourth-order valence-corrected chi connectivity index (χ4v) is 3.38. The summed E-state index contributed by atoms with van der Waals surface area (Å²) >= 11 is 0. The zero-order chi connectivity index (χ0) is 17.1. The fraction of sp³-hybridized carbons (Fsp3) is 0.474. The Balaban J connectivity index is 1.63. The Kier molecular flexibility index (Phi) is 5.00. The van der Waals surface area contributed by atoms with Gasteiger partial charge in [0.2, 0.25) is 5.91 Å². The van der Waals surface area contributed by atoms with E-state index in [1.165, 1.54) is 5.56 Å². The first-order valence-electron chi connectivity index (χ1n) is 8.51. The van der Waals surface area contributed by atoms with Crippen molar-refractivity contribution in [2.24, 2.45) is 0 Å². The molecule has 2 aromatic rings. The molecule has 0 saturated carbocycles. The molecule has 0 bridgehead atoms. The smallest absolute Gasteiger partial charge is 0.223 e. The average Bonchev–Trinajstić information content (AvgIpc) is 2.92. The number of benzene rings is 1. The minimum Gasteiger partial charge on any atom is -0.361 e. The minimum atomic E-state index is 0.212. The maximum atomic E-state index is 12.7. The number of hydrogen-bond acceptors (Lipinski definition) is 4. The van der Waals surface area contributed by atoms with Gasteiger partial charge in [-0.25, -0.2) is 0 Å². The third kappa shape index (κ3) is 3.51. The monoisotopic (exact) mass is 327 g/mol. The minimum absolute atomic E-state index is 0.212. The summed E-state index contributed by atoms with van der Waals surface area (Å²) in [5.41, 5.74) is 3.22. The summed E-state index contributed by atoms with van der Waals surface area (Å²) in [4.78, 5) is 17.0. The first-order chi connectivity index (χ1) is 11.6. The molecule has 1 aliphatic heterocycles. The van der Waals surface area contributed by atoms with Crippen molar-refractivity contribution in [1.29, 1.82) is 0 Å². The van der Waals surface area contributed by atoms with Crippen molar-refractivity contribution in [2.75, 3.05) is 26.7 Å². The van der Waals surface area contributed by atoms with E-state index in [1.807, 2.05) is 24.8 Å². The van der Waals surface area contributed by atoms with Crippen LogP contribution in [-0.2, 0) is 11.2 Å². The zero-order valence-corrected chi connectivity index (χ0v) is 14.7. The number of carbonyl (C=O) groups is 1. The maximum Gasteiger partial charge on any atom is 0.223 e. The molecule has 1 aliphatic rings. The molecule has 1 atom stereocenters. The lowest BCUT2D eigenvalue weighted by Crippen LogP contribution is -2.49. The van der Waals surface area contributed by atoms with E-state index in [-0.39, 0.29) is 11.9 Å². The van der Waals surface area contributed by atoms with Gasteiger partial charge in [0.05, 0.1) is 11.7 Å². The van der Waals surface area contributed by atoms with Gasteiger partial charge in [-0.05, 0) is 32.9 Å². The predicted octanol–water partition coefficient (Wildman–Crippen LogP) is 2.74. The van der Waals surface area contributed by atoms with Crippen LogP contribution in [0.15, 0.2) is 34.9 Å². The number of aryl methyl sites for hydroxylation is 2. The van der Waals surface area contributed by atoms with E-state index in [4.69, 9.17) is 4.52 Å². The summed E-state index contributed by atoms with van der Waals surface area (Å²) < 4.78 is 5.18. The summed E-state index contributed by atoms with van der Waals surface area (Å²) in [6, 6.07) is 10.7. The Labute approximate surface area is 143 Å². The van der Waals surface area contributed by atoms with E-state index < -0.39 is 0 Å². The van der Waals surface area contributed by atoms with Gasteiger partial charge in [0.15, 0.2) is 0 Å². The third-order valence-electron chi connectivity index (χ3n) is 4.96. The van der Waals surface area contributed by atoms with Crippen LogP contribution in [0.1, 0.15) is 35.0 Å². The van der Waals surface area contributed by atoms with Crippen molar-refractivity contribution >= 4 is 5.91 Å². The van der Waals surface area contributed by atoms with Gasteiger partial charge in [-0.15, -0.1) is 0 Å². The van der Waals surface area contributed by atoms with Crippen LogP contribution < -0.4 is 0 Å². The summed E-state index contributed by atoms with van der Waals surface area (Å²) in [7, 11) is 2.13. The maximum absolute atomic E-state index is 12.7. The fourth-order valence-electron chi connectivity index (χ4n) is 3.38. The van der Waals surface area contributed by atoms with Crippen LogP contribution >= 0.6 is 0 Å². The zero-order valence-electron chi connectivity index (χ0n) is 14.7. The number of likely N-dealkylation sites (N-methyl/N-ethyl adjacent to an activating group) is 1. The largest absolute Gasteiger partial charge is 0.361 e. The number of nitrogens with zero attached hydrogens (tertiary/aromatic N) is 3. The quantitative estimate of drug-likeness (QED) is 0.866. The molecule has 0 radical (unpaired) electrons. The highest BCUT2D eigenvalue weighted by Gasteiger charge is 2.28. The molecule has 1 aromatic carbocycles. The van der Waals surface area contributed by atoms with Gasteiger partial charge < -0.3 is 9.42 Å². The van der Waals surface area contributed by atoms with E-state index in [0.29, 0.717) is 12.8 Å². The van der Waals surface area contributed by atoms with Gasteiger partial charge in [0, 0.05) is 31.6 Å². The Morgan fingerprint density at radius 2 is 2.00 bits per heavy atom. The molecule has 1 amide bonds. The number of piperazine rings is 1. The van der Waals surface area contributed by atoms with Gasteiger partial charge in [-0.2, -0.15) is 0 Å². The highest BCUT2D eigenvalue weighted by Crippen LogP contribution is 2.24. The molecule has 24 heavy (non-hydrogen) atoms. The van der Waals surface area contributed by atoms with Crippen molar-refractivity contribution in [3.05, 3.63) is 52.9 Å². The number of aromatic nitrogens is 1. The molecule has 5 nitrogen and oxygen atoms in total. The summed E-state index contributed by atoms with van der Waals surface area (Å²) in [5.74, 6) is 1.03. The van der Waals surface area contributed by atoms with Gasteiger partial charge in [0.25, 0.3) is 0 Å². The molecule has 1 saturated heterocycles. The number of amides is 1. The van der Waals surface area contributed by atoms with Crippen LogP contribution in [0, 0.1) is 13.8 Å². The second-order valence-electron chi connectivity index (χ2n) is 6.55. The highest BCUT2D eigenvalue weighted by atomic mass is 16.5. The van der Waals surface area contributed by atoms with Crippen molar-refractivity contribution in [1.82, 2.24) is 15.0 Å². The van der Waals surface area contributed by atoms with E-state index in [0.717, 1.165) is 36.7 Å². The van der Waals surface area contributed by atoms with Crippen LogP contribution in [0.2, 0.25) is 0 Å². The van der Waals surface area contributed by atoms with Crippen molar-refractivity contribution in [3.63, 3.8) is 0 Å². The molecular weight excluding hydrogens is 302 g/mol. The topological polar surface area (TPSA) is 49.6 Å². The molecule has 0 unspecified atom stereocenters. The summed E-state index contributed by atoms with van der Waals surface area (Å²) in [5, 5.41) is 3.96. The Morgan fingerprint density at radius 1 is 1.25 bits per heavy atom. The predicted molar refractivity (Wildman–Crippen MR) is 92.7 cm³/mol. The molecule has 3 rings (SSSR count). The lowest BCUT2D eigenvalue weighted by molar-refractivity contribution is -0.134. The highest BCUT2D eigenvalue weighted by molar-refractivity contribution is 5.76. The van der Waals surface area contributed by atoms with Crippen molar-refractivity contribution in [2.45, 2.75) is 32.7 Å². The van der Waals surface area contributed by atoms with Gasteiger partial charge in [-0.3, -0.25) is 9.69 Å². The van der Waals surface area contributed by atoms with E-state index in [2.05, 4.69) is 41.4 Å². The second kappa shape index (κ2) is 7.18. The van der Waals surface area contributed by atoms with E-state index in [1.54, 1.807) is 0 Å². The Morgan fingerprint density at radius 3 is 2.67 bits per heavy atom. The van der Waals surface area contributed by atoms with Crippen LogP contribution in [0.4, 0.5) is 0 Å². The Hall–Kier alpha value is -2.14. The molecule has 1 aromatic heterocycles. The van der Waals surface area contributed by atoms with Crippen LogP contribution in [0.25, 0.3) is 0 Å². The SMILES string of the molecule is Cc1noc(C)c1CCC(=O)N1CCN(C)[C@@H](c2ccccc2)C1. The second-order valence-corrected chi connectivity index (χ2v) is 6.55. The normalized spacial score (nSPS) is 18.8. The van der Waals surface area contributed by atoms with Crippen LogP contribution in [-0.4, -0.2) is 47.5 Å². The third-order valence-corrected chi connectivity index (χ3v) is 4.96. The Bertz CT molecular complexity index is 676. The van der Waals surface area contributed by atoms with Crippen LogP contribution in [0.5, 0.6) is 0 Å². The number of hydrogen-bond donors (Lipinski definition) is 0. The molecular formula is C19H25N3O2. The van der Waals surface area contributed by atoms with Crippen molar-refractivity contribution in [3.8, 4) is 0 Å². The van der Waals surface area contributed by atoms with E-state index in [9.17, 15) is 4.79 Å². The van der Waals surface area contributed by atoms with Crippen LogP contribution in [0.3, 0.4) is 0 Å². The first-order valence-corrected chi connectivity index (χ1v) is 8.51. The van der Waals surface area contributed by atoms with Gasteiger partial charge >= 0.3 is 0 Å². The van der Waals surface area contributed by atoms with Gasteiger partial charge in [-0.1, -0.05) is 35.5 Å². The summed E-state index contributed by atoms with van der Waals surface area (Å²) in [6.07, 6.45) is 1.20. The number of carbonyl (C=O) groups excluding carboxylic acids is 1. The average molecular weight is 327 g/mol. The molecule has 1 fully saturated rings. The molecule has 128 valence electrons.